The number of allylic oxidation sites excluding steroid dienone is 6. The second-order valence-electron chi connectivity index (χ2n) is 6.86. The zero-order chi connectivity index (χ0) is 23.2. The van der Waals surface area contributed by atoms with Crippen LogP contribution in [0.5, 0.6) is 0 Å². The van der Waals surface area contributed by atoms with Crippen molar-refractivity contribution in [3.63, 3.8) is 0 Å². The molecule has 1 aromatic carbocycles. The molecule has 0 fully saturated rings. The molecule has 0 amide bonds. The van der Waals surface area contributed by atoms with Crippen molar-refractivity contribution in [3.05, 3.63) is 77.0 Å². The number of aryl methyl sites for hydroxylation is 1. The van der Waals surface area contributed by atoms with Crippen molar-refractivity contribution in [1.29, 1.82) is 0 Å². The zero-order valence-electron chi connectivity index (χ0n) is 19.7. The molecule has 0 aliphatic heterocycles. The van der Waals surface area contributed by atoms with E-state index in [1.165, 1.54) is 36.8 Å². The highest BCUT2D eigenvalue weighted by Gasteiger charge is 1.89. The third-order valence-electron chi connectivity index (χ3n) is 3.60. The third kappa shape index (κ3) is 25.8. The van der Waals surface area contributed by atoms with Gasteiger partial charge in [0.1, 0.15) is 0 Å². The van der Waals surface area contributed by atoms with Crippen molar-refractivity contribution in [2.24, 2.45) is 0 Å². The topological polar surface area (TPSA) is 12.0 Å². The number of benzene rings is 1. The molecule has 0 aliphatic rings. The summed E-state index contributed by atoms with van der Waals surface area (Å²) in [5, 5.41) is 3.93. The molecule has 0 radical (unpaired) electrons. The average Bonchev–Trinajstić information content (AvgIpc) is 2.68. The molecule has 0 bridgehead atoms. The maximum atomic E-state index is 5.61. The van der Waals surface area contributed by atoms with Gasteiger partial charge in [-0.3, -0.25) is 0 Å². The smallest absolute Gasteiger partial charge is 0.0381 e. The van der Waals surface area contributed by atoms with Gasteiger partial charge in [0.2, 0.25) is 0 Å². The van der Waals surface area contributed by atoms with Gasteiger partial charge in [0.25, 0.3) is 0 Å². The molecular formula is C27H42ClN. The predicted octanol–water partition coefficient (Wildman–Crippen LogP) is 9.43. The summed E-state index contributed by atoms with van der Waals surface area (Å²) in [6.07, 6.45) is 17.4. The number of hydrogen-bond donors (Lipinski definition) is 1. The van der Waals surface area contributed by atoms with Gasteiger partial charge in [0.05, 0.1) is 0 Å². The monoisotopic (exact) mass is 415 g/mol. The molecule has 0 saturated heterocycles. The zero-order valence-corrected chi connectivity index (χ0v) is 20.5. The van der Waals surface area contributed by atoms with Gasteiger partial charge in [-0.1, -0.05) is 93.6 Å². The van der Waals surface area contributed by atoms with E-state index in [4.69, 9.17) is 11.6 Å². The van der Waals surface area contributed by atoms with Crippen LogP contribution < -0.4 is 5.32 Å². The Hall–Kier alpha value is -2.17. The van der Waals surface area contributed by atoms with Crippen LogP contribution in [0.25, 0.3) is 0 Å². The van der Waals surface area contributed by atoms with Gasteiger partial charge in [-0.2, -0.15) is 0 Å². The SMILES string of the molecule is C#C.C=C(C)/C(C)=C/C=C(\C)Cl.C=C(C)Nc1ccc(C)cc1.CCCCCC. The molecule has 162 valence electrons. The Balaban J connectivity index is -0.000000348. The Morgan fingerprint density at radius 2 is 1.38 bits per heavy atom. The van der Waals surface area contributed by atoms with E-state index in [1.807, 2.05) is 52.0 Å². The Bertz CT molecular complexity index is 622. The summed E-state index contributed by atoms with van der Waals surface area (Å²) in [5.41, 5.74) is 5.59. The molecule has 1 aromatic rings. The Labute approximate surface area is 186 Å². The van der Waals surface area contributed by atoms with E-state index >= 15 is 0 Å². The van der Waals surface area contributed by atoms with E-state index in [0.29, 0.717) is 0 Å². The molecule has 2 heteroatoms. The van der Waals surface area contributed by atoms with E-state index in [1.54, 1.807) is 0 Å². The summed E-state index contributed by atoms with van der Waals surface area (Å²) in [4.78, 5) is 0. The average molecular weight is 416 g/mol. The number of rotatable bonds is 7. The first-order valence-corrected chi connectivity index (χ1v) is 10.5. The first-order chi connectivity index (χ1) is 13.6. The Morgan fingerprint density at radius 3 is 1.69 bits per heavy atom. The number of unbranched alkanes of at least 4 members (excludes halogenated alkanes) is 3. The summed E-state index contributed by atoms with van der Waals surface area (Å²) in [6.45, 7) is 21.9. The highest BCUT2D eigenvalue weighted by Crippen LogP contribution is 2.10. The van der Waals surface area contributed by atoms with Crippen molar-refractivity contribution in [2.45, 2.75) is 74.1 Å². The lowest BCUT2D eigenvalue weighted by molar-refractivity contribution is 0.702. The second kappa shape index (κ2) is 22.1. The molecule has 1 nitrogen and oxygen atoms in total. The Kier molecular flexibility index (Phi) is 24.0. The number of halogens is 1. The van der Waals surface area contributed by atoms with Crippen LogP contribution in [0.2, 0.25) is 0 Å². The molecule has 29 heavy (non-hydrogen) atoms. The highest BCUT2D eigenvalue weighted by atomic mass is 35.5. The van der Waals surface area contributed by atoms with E-state index in [9.17, 15) is 0 Å². The van der Waals surface area contributed by atoms with Crippen molar-refractivity contribution in [2.75, 3.05) is 5.32 Å². The molecular weight excluding hydrogens is 374 g/mol. The minimum absolute atomic E-state index is 0.792. The molecule has 0 heterocycles. The standard InChI is InChI=1S/C10H13N.C9H13Cl.C6H14.C2H2/c1-8(2)11-10-6-4-9(3)5-7-10;1-7(2)8(3)5-6-9(4)10;1-3-5-6-4-2;1-2/h4-7,11H,1H2,2-3H3;5-6H,1H2,2-4H3;3-6H2,1-2H3;1-2H/b;8-5+,9-6+;;. The van der Waals surface area contributed by atoms with Crippen LogP contribution >= 0.6 is 11.6 Å². The summed E-state index contributed by atoms with van der Waals surface area (Å²) in [7, 11) is 0. The molecule has 0 unspecified atom stereocenters. The Morgan fingerprint density at radius 1 is 0.931 bits per heavy atom. The van der Waals surface area contributed by atoms with Crippen LogP contribution in [0, 0.1) is 19.8 Å². The fraction of sp³-hybridized carbons (Fsp3) is 0.407. The molecule has 0 saturated carbocycles. The van der Waals surface area contributed by atoms with Crippen LogP contribution in [0.15, 0.2) is 71.5 Å². The summed E-state index contributed by atoms with van der Waals surface area (Å²) in [5.74, 6) is 0. The van der Waals surface area contributed by atoms with Crippen molar-refractivity contribution < 1.29 is 0 Å². The first-order valence-electron chi connectivity index (χ1n) is 10.1. The maximum absolute atomic E-state index is 5.61. The van der Waals surface area contributed by atoms with E-state index in [2.05, 4.69) is 64.2 Å². The fourth-order valence-electron chi connectivity index (χ4n) is 1.77. The minimum atomic E-state index is 0.792. The van der Waals surface area contributed by atoms with Gasteiger partial charge in [-0.15, -0.1) is 12.8 Å². The predicted molar refractivity (Wildman–Crippen MR) is 138 cm³/mol. The first kappa shape index (κ1) is 31.5. The van der Waals surface area contributed by atoms with Gasteiger partial charge >= 0.3 is 0 Å². The summed E-state index contributed by atoms with van der Waals surface area (Å²) >= 11 is 5.61. The highest BCUT2D eigenvalue weighted by molar-refractivity contribution is 6.29. The van der Waals surface area contributed by atoms with E-state index < -0.39 is 0 Å². The molecule has 1 rings (SSSR count). The van der Waals surface area contributed by atoms with Crippen molar-refractivity contribution in [1.82, 2.24) is 0 Å². The molecule has 0 aromatic heterocycles. The van der Waals surface area contributed by atoms with Crippen LogP contribution in [0.4, 0.5) is 5.69 Å². The van der Waals surface area contributed by atoms with Crippen molar-refractivity contribution in [3.8, 4) is 12.8 Å². The van der Waals surface area contributed by atoms with Crippen molar-refractivity contribution >= 4 is 17.3 Å². The number of anilines is 1. The van der Waals surface area contributed by atoms with E-state index in [0.717, 1.165) is 22.0 Å². The largest absolute Gasteiger partial charge is 0.360 e. The van der Waals surface area contributed by atoms with Crippen LogP contribution in [-0.4, -0.2) is 0 Å². The quantitative estimate of drug-likeness (QED) is 0.265. The second-order valence-corrected chi connectivity index (χ2v) is 7.46. The van der Waals surface area contributed by atoms with Crippen LogP contribution in [0.1, 0.15) is 72.8 Å². The number of terminal acetylenes is 1. The maximum Gasteiger partial charge on any atom is 0.0381 e. The molecule has 0 atom stereocenters. The molecule has 0 aliphatic carbocycles. The summed E-state index contributed by atoms with van der Waals surface area (Å²) in [6, 6.07) is 8.24. The number of nitrogens with one attached hydrogen (secondary N) is 1. The normalized spacial score (nSPS) is 10.1. The molecule has 0 spiro atoms. The van der Waals surface area contributed by atoms with E-state index in [-0.39, 0.29) is 0 Å². The third-order valence-corrected chi connectivity index (χ3v) is 3.73. The van der Waals surface area contributed by atoms with Crippen LogP contribution in [-0.2, 0) is 0 Å². The summed E-state index contributed by atoms with van der Waals surface area (Å²) < 4.78 is 0. The lowest BCUT2D eigenvalue weighted by atomic mass is 10.1. The van der Waals surface area contributed by atoms with Gasteiger partial charge in [-0.05, 0) is 58.4 Å². The lowest BCUT2D eigenvalue weighted by Crippen LogP contribution is -1.92. The van der Waals surface area contributed by atoms with Gasteiger partial charge in [0.15, 0.2) is 0 Å². The fourth-order valence-corrected chi connectivity index (χ4v) is 1.83. The number of hydrogen-bond acceptors (Lipinski definition) is 1. The van der Waals surface area contributed by atoms with Crippen LogP contribution in [0.3, 0.4) is 0 Å². The van der Waals surface area contributed by atoms with Gasteiger partial charge in [-0.25, -0.2) is 0 Å². The minimum Gasteiger partial charge on any atom is -0.360 e. The lowest BCUT2D eigenvalue weighted by Gasteiger charge is -2.04. The molecule has 1 N–H and O–H groups in total. The van der Waals surface area contributed by atoms with Gasteiger partial charge in [0, 0.05) is 16.4 Å². The van der Waals surface area contributed by atoms with Gasteiger partial charge < -0.3 is 5.32 Å².